The lowest BCUT2D eigenvalue weighted by molar-refractivity contribution is -0.385. The van der Waals surface area contributed by atoms with Gasteiger partial charge in [0.2, 0.25) is 0 Å². The molecule has 1 saturated carbocycles. The molecule has 294 valence electrons. The molecule has 22 nitrogen and oxygen atoms in total. The van der Waals surface area contributed by atoms with Crippen molar-refractivity contribution in [3.8, 4) is 0 Å². The molecule has 16 N–H and O–H groups in total. The molecule has 1 aromatic rings. The number of rotatable bonds is 10. The van der Waals surface area contributed by atoms with E-state index in [0.717, 1.165) is 0 Å². The van der Waals surface area contributed by atoms with Crippen molar-refractivity contribution in [2.24, 2.45) is 28.7 Å². The van der Waals surface area contributed by atoms with E-state index >= 15 is 0 Å². The Labute approximate surface area is 296 Å². The standard InChI is InChI=1S/C30H48N6O16/c31-6-13-19(39)20(40)16(34)28(46-13)51-24-14(7-37)47-30(22(24)42)52-26-18(38)11(32)5-12(33)23(26)49-29-17(35)21(41)25-15(48-29)8-45-27(50-25)9-1-3-10(4-2-9)36(43)44/h1-4,11-30,37-42H,5-8,31-35H2/t11-,12+,13+,14-,15-,16-,17-,18+,19-,20-,21-,22-,23-,24-,25-,26-,27-,28-,29-,30+/m1/s1. The third-order valence-electron chi connectivity index (χ3n) is 10.2. The Morgan fingerprint density at radius 1 is 0.731 bits per heavy atom. The Hall–Kier alpha value is -2.14. The summed E-state index contributed by atoms with van der Waals surface area (Å²) in [4.78, 5) is 10.5. The number of nitrogens with two attached hydrogens (primary N) is 5. The first-order chi connectivity index (χ1) is 24.7. The minimum Gasteiger partial charge on any atom is -0.394 e. The number of hydrogen-bond donors (Lipinski definition) is 11. The quantitative estimate of drug-likeness (QED) is 0.0783. The summed E-state index contributed by atoms with van der Waals surface area (Å²) in [6.07, 6.45) is -20.5. The highest BCUT2D eigenvalue weighted by Crippen LogP contribution is 2.37. The number of fused-ring (bicyclic) bond motifs is 1. The lowest BCUT2D eigenvalue weighted by atomic mass is 9.84. The lowest BCUT2D eigenvalue weighted by Gasteiger charge is -2.49. The average Bonchev–Trinajstić information content (AvgIpc) is 3.43. The lowest BCUT2D eigenvalue weighted by Crippen LogP contribution is -2.69. The third kappa shape index (κ3) is 7.70. The summed E-state index contributed by atoms with van der Waals surface area (Å²) in [6.45, 7) is -0.926. The summed E-state index contributed by atoms with van der Waals surface area (Å²) >= 11 is 0. The van der Waals surface area contributed by atoms with Gasteiger partial charge in [0.05, 0.1) is 36.3 Å². The van der Waals surface area contributed by atoms with E-state index < -0.39 is 134 Å². The maximum absolute atomic E-state index is 11.3. The molecule has 1 aromatic carbocycles. The second-order valence-corrected chi connectivity index (χ2v) is 13.6. The van der Waals surface area contributed by atoms with Crippen molar-refractivity contribution in [3.63, 3.8) is 0 Å². The van der Waals surface area contributed by atoms with Gasteiger partial charge in [0.15, 0.2) is 25.2 Å². The first-order valence-corrected chi connectivity index (χ1v) is 16.9. The predicted octanol–water partition coefficient (Wildman–Crippen LogP) is -6.19. The van der Waals surface area contributed by atoms with Crippen molar-refractivity contribution in [2.45, 2.75) is 129 Å². The summed E-state index contributed by atoms with van der Waals surface area (Å²) in [5, 5.41) is 75.3. The van der Waals surface area contributed by atoms with Crippen LogP contribution in [0, 0.1) is 10.1 Å². The van der Waals surface area contributed by atoms with E-state index in [0.29, 0.717) is 5.56 Å². The van der Waals surface area contributed by atoms with Crippen LogP contribution in [0.4, 0.5) is 5.69 Å². The highest BCUT2D eigenvalue weighted by Gasteiger charge is 2.55. The molecule has 4 saturated heterocycles. The third-order valence-corrected chi connectivity index (χ3v) is 10.2. The van der Waals surface area contributed by atoms with Crippen LogP contribution < -0.4 is 28.7 Å². The molecule has 22 heteroatoms. The second kappa shape index (κ2) is 16.3. The van der Waals surface area contributed by atoms with E-state index in [1.807, 2.05) is 0 Å². The zero-order valence-corrected chi connectivity index (χ0v) is 27.8. The van der Waals surface area contributed by atoms with Crippen molar-refractivity contribution < 1.29 is 73.5 Å². The van der Waals surface area contributed by atoms with Crippen molar-refractivity contribution >= 4 is 5.69 Å². The van der Waals surface area contributed by atoms with Gasteiger partial charge in [-0.15, -0.1) is 0 Å². The normalized spacial score (nSPS) is 48.3. The number of aliphatic hydroxyl groups is 6. The number of aliphatic hydroxyl groups excluding tert-OH is 6. The molecule has 0 unspecified atom stereocenters. The molecular formula is C30H48N6O16. The van der Waals surface area contributed by atoms with Gasteiger partial charge >= 0.3 is 0 Å². The van der Waals surface area contributed by atoms with E-state index in [1.54, 1.807) is 0 Å². The van der Waals surface area contributed by atoms with Crippen LogP contribution in [0.5, 0.6) is 0 Å². The fraction of sp³-hybridized carbons (Fsp3) is 0.800. The number of nitrogens with zero attached hydrogens (tertiary/aromatic N) is 1. The molecule has 0 spiro atoms. The van der Waals surface area contributed by atoms with Crippen LogP contribution in [0.25, 0.3) is 0 Å². The highest BCUT2D eigenvalue weighted by atomic mass is 16.8. The van der Waals surface area contributed by atoms with Gasteiger partial charge in [-0.2, -0.15) is 0 Å². The van der Waals surface area contributed by atoms with E-state index in [4.69, 9.17) is 66.6 Å². The number of hydrogen-bond acceptors (Lipinski definition) is 21. The SMILES string of the molecule is NC[C@@H]1O[C@H](O[C@H]2[C@@H](O)[C@H](O[C@@H]3[C@@H](O)[C@H](N)C[C@H](N)[C@H]3O[C@H]3O[C@@H]4CO[C@@H](c5ccc([N+](=O)[O-])cc5)O[C@H]4[C@H](O)[C@H]3N)O[C@@H]2CO)[C@H](N)[C@@H](O)[C@@H]1O. The number of ether oxygens (including phenoxy) is 8. The first-order valence-electron chi connectivity index (χ1n) is 16.9. The van der Waals surface area contributed by atoms with Gasteiger partial charge in [0, 0.05) is 36.3 Å². The van der Waals surface area contributed by atoms with Gasteiger partial charge in [0.25, 0.3) is 5.69 Å². The molecule has 5 aliphatic rings. The molecule has 0 bridgehead atoms. The molecule has 0 radical (unpaired) electrons. The van der Waals surface area contributed by atoms with E-state index in [1.165, 1.54) is 24.3 Å². The molecular weight excluding hydrogens is 700 g/mol. The van der Waals surface area contributed by atoms with Gasteiger partial charge in [-0.3, -0.25) is 10.1 Å². The fourth-order valence-corrected chi connectivity index (χ4v) is 7.13. The molecule has 5 fully saturated rings. The summed E-state index contributed by atoms with van der Waals surface area (Å²) < 4.78 is 47.3. The molecule has 52 heavy (non-hydrogen) atoms. The van der Waals surface area contributed by atoms with E-state index in [9.17, 15) is 40.8 Å². The average molecular weight is 749 g/mol. The van der Waals surface area contributed by atoms with Crippen molar-refractivity contribution in [3.05, 3.63) is 39.9 Å². The monoisotopic (exact) mass is 748 g/mol. The minimum atomic E-state index is -1.63. The molecule has 0 amide bonds. The van der Waals surface area contributed by atoms with Crippen LogP contribution in [0.2, 0.25) is 0 Å². The van der Waals surface area contributed by atoms with Crippen LogP contribution in [0.15, 0.2) is 24.3 Å². The van der Waals surface area contributed by atoms with Gasteiger partial charge in [-0.05, 0) is 18.6 Å². The Kier molecular flexibility index (Phi) is 12.4. The largest absolute Gasteiger partial charge is 0.394 e. The van der Waals surface area contributed by atoms with Gasteiger partial charge in [-0.25, -0.2) is 0 Å². The Bertz CT molecular complexity index is 1350. The Morgan fingerprint density at radius 3 is 2.00 bits per heavy atom. The number of non-ortho nitro benzene ring substituents is 1. The second-order valence-electron chi connectivity index (χ2n) is 13.6. The number of nitro groups is 1. The smallest absolute Gasteiger partial charge is 0.269 e. The zero-order chi connectivity index (χ0) is 37.6. The molecule has 4 aliphatic heterocycles. The zero-order valence-electron chi connectivity index (χ0n) is 27.8. The summed E-state index contributed by atoms with van der Waals surface area (Å²) in [5.41, 5.74) is 31.0. The van der Waals surface area contributed by atoms with Crippen molar-refractivity contribution in [1.82, 2.24) is 0 Å². The summed E-state index contributed by atoms with van der Waals surface area (Å²) in [6, 6.07) is 1.28. The molecule has 6 rings (SSSR count). The maximum atomic E-state index is 11.3. The topological polar surface area (TPSA) is 368 Å². The number of nitro benzene ring substituents is 1. The van der Waals surface area contributed by atoms with Crippen LogP contribution in [-0.2, 0) is 37.9 Å². The Morgan fingerprint density at radius 2 is 1.35 bits per heavy atom. The van der Waals surface area contributed by atoms with E-state index in [2.05, 4.69) is 0 Å². The fourth-order valence-electron chi connectivity index (χ4n) is 7.13. The van der Waals surface area contributed by atoms with Gasteiger partial charge in [0.1, 0.15) is 67.1 Å². The van der Waals surface area contributed by atoms with Crippen LogP contribution in [0.3, 0.4) is 0 Å². The van der Waals surface area contributed by atoms with Crippen LogP contribution >= 0.6 is 0 Å². The predicted molar refractivity (Wildman–Crippen MR) is 170 cm³/mol. The van der Waals surface area contributed by atoms with Crippen LogP contribution in [-0.4, -0.2) is 172 Å². The Balaban J connectivity index is 1.13. The minimum absolute atomic E-state index is 0.0673. The molecule has 20 atom stereocenters. The van der Waals surface area contributed by atoms with Crippen LogP contribution in [0.1, 0.15) is 18.3 Å². The molecule has 4 heterocycles. The van der Waals surface area contributed by atoms with Crippen molar-refractivity contribution in [1.29, 1.82) is 0 Å². The molecule has 1 aliphatic carbocycles. The first kappa shape index (κ1) is 39.6. The van der Waals surface area contributed by atoms with Gasteiger partial charge < -0.3 is 97.2 Å². The van der Waals surface area contributed by atoms with Gasteiger partial charge in [-0.1, -0.05) is 0 Å². The van der Waals surface area contributed by atoms with Crippen molar-refractivity contribution in [2.75, 3.05) is 19.8 Å². The highest BCUT2D eigenvalue weighted by molar-refractivity contribution is 5.33. The summed E-state index contributed by atoms with van der Waals surface area (Å²) in [7, 11) is 0. The number of benzene rings is 1. The molecule has 0 aromatic heterocycles. The maximum Gasteiger partial charge on any atom is 0.269 e. The summed E-state index contributed by atoms with van der Waals surface area (Å²) in [5.74, 6) is 0. The van der Waals surface area contributed by atoms with E-state index in [-0.39, 0.29) is 25.3 Å².